The highest BCUT2D eigenvalue weighted by atomic mass is 15.3. The second-order valence-electron chi connectivity index (χ2n) is 6.04. The Morgan fingerprint density at radius 2 is 1.81 bits per heavy atom. The van der Waals surface area contributed by atoms with Gasteiger partial charge >= 0.3 is 0 Å². The molecule has 0 fully saturated rings. The largest absolute Gasteiger partial charge is 0.318 e. The highest BCUT2D eigenvalue weighted by Gasteiger charge is 2.15. The monoisotopic (exact) mass is 338 g/mol. The molecule has 0 saturated carbocycles. The van der Waals surface area contributed by atoms with Gasteiger partial charge in [-0.25, -0.2) is 4.98 Å². The predicted molar refractivity (Wildman–Crippen MR) is 103 cm³/mol. The Bertz CT molecular complexity index is 1040. The molecule has 0 aliphatic rings. The van der Waals surface area contributed by atoms with Crippen LogP contribution in [-0.2, 0) is 13.1 Å². The summed E-state index contributed by atoms with van der Waals surface area (Å²) in [6, 6.07) is 20.6. The lowest BCUT2D eigenvalue weighted by atomic mass is 10.0. The first kappa shape index (κ1) is 15.9. The van der Waals surface area contributed by atoms with Crippen molar-refractivity contribution in [2.24, 2.45) is 0 Å². The van der Waals surface area contributed by atoms with E-state index in [-0.39, 0.29) is 0 Å². The molecule has 0 bridgehead atoms. The van der Waals surface area contributed by atoms with Crippen LogP contribution in [0.5, 0.6) is 0 Å². The first-order chi connectivity index (χ1) is 12.8. The molecule has 0 unspecified atom stereocenters. The quantitative estimate of drug-likeness (QED) is 0.514. The molecule has 0 atom stereocenters. The van der Waals surface area contributed by atoms with Crippen molar-refractivity contribution in [2.45, 2.75) is 13.1 Å². The van der Waals surface area contributed by atoms with E-state index in [1.54, 1.807) is 6.20 Å². The maximum absolute atomic E-state index is 5.57. The number of rotatable bonds is 5. The first-order valence-corrected chi connectivity index (χ1v) is 8.46. The molecule has 0 aliphatic heterocycles. The van der Waals surface area contributed by atoms with Crippen molar-refractivity contribution in [1.29, 1.82) is 0 Å². The molecule has 4 nitrogen and oxygen atoms in total. The smallest absolute Gasteiger partial charge is 0.0967 e. The lowest BCUT2D eigenvalue weighted by molar-refractivity contribution is 0.687. The number of aromatic nitrogens is 4. The summed E-state index contributed by atoms with van der Waals surface area (Å²) in [7, 11) is 0. The molecule has 2 aromatic carbocycles. The molecular weight excluding hydrogens is 320 g/mol. The molecule has 0 saturated heterocycles. The van der Waals surface area contributed by atoms with E-state index in [2.05, 4.69) is 52.4 Å². The lowest BCUT2D eigenvalue weighted by Crippen LogP contribution is -2.01. The Morgan fingerprint density at radius 1 is 0.962 bits per heavy atom. The van der Waals surface area contributed by atoms with E-state index in [4.69, 9.17) is 6.42 Å². The maximum atomic E-state index is 5.57. The third-order valence-corrected chi connectivity index (χ3v) is 4.25. The Balaban J connectivity index is 1.79. The summed E-state index contributed by atoms with van der Waals surface area (Å²) < 4.78 is 3.94. The highest BCUT2D eigenvalue weighted by Crippen LogP contribution is 2.31. The van der Waals surface area contributed by atoms with Crippen LogP contribution in [0.3, 0.4) is 0 Å². The van der Waals surface area contributed by atoms with Crippen molar-refractivity contribution in [1.82, 2.24) is 19.3 Å². The van der Waals surface area contributed by atoms with E-state index in [0.717, 1.165) is 29.1 Å². The van der Waals surface area contributed by atoms with Gasteiger partial charge in [-0.15, -0.1) is 6.42 Å². The van der Waals surface area contributed by atoms with E-state index in [9.17, 15) is 0 Å². The Kier molecular flexibility index (Phi) is 4.36. The zero-order valence-corrected chi connectivity index (χ0v) is 14.3. The van der Waals surface area contributed by atoms with Crippen LogP contribution in [0.15, 0.2) is 79.4 Å². The molecule has 0 spiro atoms. The first-order valence-electron chi connectivity index (χ1n) is 8.46. The molecule has 126 valence electrons. The van der Waals surface area contributed by atoms with Crippen LogP contribution in [0.25, 0.3) is 22.5 Å². The number of terminal acetylenes is 1. The van der Waals surface area contributed by atoms with Gasteiger partial charge in [0.1, 0.15) is 0 Å². The molecule has 0 aliphatic carbocycles. The number of imidazole rings is 1. The molecule has 4 heteroatoms. The number of nitrogens with zero attached hydrogens (tertiary/aromatic N) is 4. The molecule has 26 heavy (non-hydrogen) atoms. The van der Waals surface area contributed by atoms with E-state index in [1.807, 2.05) is 46.0 Å². The summed E-state index contributed by atoms with van der Waals surface area (Å²) >= 11 is 0. The van der Waals surface area contributed by atoms with Crippen LogP contribution >= 0.6 is 0 Å². The van der Waals surface area contributed by atoms with Gasteiger partial charge in [0.15, 0.2) is 0 Å². The van der Waals surface area contributed by atoms with Crippen molar-refractivity contribution in [3.05, 3.63) is 84.9 Å². The fourth-order valence-corrected chi connectivity index (χ4v) is 3.11. The number of hydrogen-bond acceptors (Lipinski definition) is 2. The van der Waals surface area contributed by atoms with Crippen LogP contribution in [0, 0.1) is 12.3 Å². The summed E-state index contributed by atoms with van der Waals surface area (Å²) in [5, 5.41) is 4.29. The molecule has 4 rings (SSSR count). The Hall–Kier alpha value is -3.58. The average Bonchev–Trinajstić information content (AvgIpc) is 3.33. The molecule has 0 radical (unpaired) electrons. The van der Waals surface area contributed by atoms with Crippen LogP contribution < -0.4 is 0 Å². The fourth-order valence-electron chi connectivity index (χ4n) is 3.11. The second-order valence-corrected chi connectivity index (χ2v) is 6.04. The average molecular weight is 338 g/mol. The molecule has 0 amide bonds. The van der Waals surface area contributed by atoms with Crippen molar-refractivity contribution >= 4 is 0 Å². The summed E-state index contributed by atoms with van der Waals surface area (Å²) in [4.78, 5) is 4.64. The molecule has 2 aromatic heterocycles. The SMILES string of the molecule is C#CCn1cnc(-c2ccccc2)c1-c1cccc(Cn2cccn2)c1. The van der Waals surface area contributed by atoms with Gasteiger partial charge in [-0.05, 0) is 17.7 Å². The Labute approximate surface area is 152 Å². The van der Waals surface area contributed by atoms with Crippen molar-refractivity contribution in [3.8, 4) is 34.9 Å². The van der Waals surface area contributed by atoms with Gasteiger partial charge in [0, 0.05) is 23.5 Å². The maximum Gasteiger partial charge on any atom is 0.0967 e. The van der Waals surface area contributed by atoms with Gasteiger partial charge in [0.2, 0.25) is 0 Å². The summed E-state index contributed by atoms with van der Waals surface area (Å²) in [6.45, 7) is 1.21. The molecular formula is C22H18N4. The number of hydrogen-bond donors (Lipinski definition) is 0. The van der Waals surface area contributed by atoms with Crippen LogP contribution in [0.2, 0.25) is 0 Å². The van der Waals surface area contributed by atoms with Crippen LogP contribution in [-0.4, -0.2) is 19.3 Å². The Morgan fingerprint density at radius 3 is 2.58 bits per heavy atom. The minimum Gasteiger partial charge on any atom is -0.318 e. The van der Waals surface area contributed by atoms with Gasteiger partial charge in [0.05, 0.1) is 30.8 Å². The van der Waals surface area contributed by atoms with Crippen LogP contribution in [0.4, 0.5) is 0 Å². The fraction of sp³-hybridized carbons (Fsp3) is 0.0909. The minimum atomic E-state index is 0.485. The van der Waals surface area contributed by atoms with E-state index in [0.29, 0.717) is 6.54 Å². The van der Waals surface area contributed by atoms with Gasteiger partial charge in [-0.1, -0.05) is 54.5 Å². The topological polar surface area (TPSA) is 35.6 Å². The van der Waals surface area contributed by atoms with E-state index >= 15 is 0 Å². The number of benzene rings is 2. The molecule has 2 heterocycles. The summed E-state index contributed by atoms with van der Waals surface area (Å²) in [5.74, 6) is 2.72. The normalized spacial score (nSPS) is 10.6. The minimum absolute atomic E-state index is 0.485. The molecule has 0 N–H and O–H groups in total. The van der Waals surface area contributed by atoms with Crippen molar-refractivity contribution in [3.63, 3.8) is 0 Å². The summed E-state index contributed by atoms with van der Waals surface area (Å²) in [6.07, 6.45) is 11.1. The van der Waals surface area contributed by atoms with Gasteiger partial charge in [0.25, 0.3) is 0 Å². The third kappa shape index (κ3) is 3.15. The lowest BCUT2D eigenvalue weighted by Gasteiger charge is -2.10. The van der Waals surface area contributed by atoms with Crippen molar-refractivity contribution < 1.29 is 0 Å². The van der Waals surface area contributed by atoms with Gasteiger partial charge in [-0.2, -0.15) is 5.10 Å². The van der Waals surface area contributed by atoms with Crippen LogP contribution in [0.1, 0.15) is 5.56 Å². The van der Waals surface area contributed by atoms with Gasteiger partial charge < -0.3 is 4.57 Å². The third-order valence-electron chi connectivity index (χ3n) is 4.25. The second kappa shape index (κ2) is 7.12. The van der Waals surface area contributed by atoms with E-state index in [1.165, 1.54) is 5.56 Å². The zero-order valence-electron chi connectivity index (χ0n) is 14.3. The predicted octanol–water partition coefficient (Wildman–Crippen LogP) is 4.10. The summed E-state index contributed by atoms with van der Waals surface area (Å²) in [5.41, 5.74) is 5.34. The molecule has 4 aromatic rings. The zero-order chi connectivity index (χ0) is 17.8. The van der Waals surface area contributed by atoms with Crippen molar-refractivity contribution in [2.75, 3.05) is 0 Å². The highest BCUT2D eigenvalue weighted by molar-refractivity contribution is 5.78. The standard InChI is InChI=1S/C22H18N4/c1-2-13-25-17-23-21(19-9-4-3-5-10-19)22(25)20-11-6-8-18(15-20)16-26-14-7-12-24-26/h1,3-12,14-15,17H,13,16H2. The van der Waals surface area contributed by atoms with Gasteiger partial charge in [-0.3, -0.25) is 4.68 Å². The van der Waals surface area contributed by atoms with E-state index < -0.39 is 0 Å².